The van der Waals surface area contributed by atoms with Crippen LogP contribution in [0, 0.1) is 10.1 Å². The molecule has 1 aromatic heterocycles. The van der Waals surface area contributed by atoms with Gasteiger partial charge in [-0.25, -0.2) is 0 Å². The smallest absolute Gasteiger partial charge is 0.323 e. The first-order valence-corrected chi connectivity index (χ1v) is 6.00. The number of carboxylic acid groups (broad SMARTS) is 1. The second-order valence-electron chi connectivity index (χ2n) is 3.91. The van der Waals surface area contributed by atoms with Gasteiger partial charge in [0, 0.05) is 0 Å². The van der Waals surface area contributed by atoms with E-state index in [1.807, 2.05) is 0 Å². The molecule has 0 aliphatic heterocycles. The minimum absolute atomic E-state index is 0.165. The van der Waals surface area contributed by atoms with Crippen LogP contribution in [0.3, 0.4) is 0 Å². The lowest BCUT2D eigenvalue weighted by Gasteiger charge is -2.09. The molecule has 0 saturated carbocycles. The van der Waals surface area contributed by atoms with Gasteiger partial charge in [-0.3, -0.25) is 29.1 Å². The quantitative estimate of drug-likeness (QED) is 0.488. The van der Waals surface area contributed by atoms with Crippen LogP contribution in [-0.2, 0) is 11.3 Å². The van der Waals surface area contributed by atoms with Crippen molar-refractivity contribution in [2.45, 2.75) is 6.54 Å². The third kappa shape index (κ3) is 2.48. The van der Waals surface area contributed by atoms with Crippen LogP contribution in [0.25, 0.3) is 11.0 Å². The number of fused-ring (bicyclic) bond motifs is 1. The molecule has 110 valence electrons. The zero-order valence-electron chi connectivity index (χ0n) is 9.92. The molecular weight excluding hydrogens is 329 g/mol. The second kappa shape index (κ2) is 5.19. The fourth-order valence-corrected chi connectivity index (χ4v) is 2.24. The maximum atomic E-state index is 11.7. The molecule has 2 rings (SSSR count). The first-order chi connectivity index (χ1) is 9.73. The number of rotatable bonds is 3. The van der Waals surface area contributed by atoms with Crippen molar-refractivity contribution < 1.29 is 14.8 Å². The topological polar surface area (TPSA) is 135 Å². The molecule has 2 aromatic rings. The van der Waals surface area contributed by atoms with Gasteiger partial charge < -0.3 is 10.1 Å². The van der Waals surface area contributed by atoms with Crippen molar-refractivity contribution in [2.75, 3.05) is 0 Å². The Hall–Kier alpha value is -2.39. The molecule has 11 heteroatoms. The van der Waals surface area contributed by atoms with E-state index in [0.717, 1.165) is 6.07 Å². The number of nitrogens with one attached hydrogen (secondary N) is 1. The second-order valence-corrected chi connectivity index (χ2v) is 4.70. The van der Waals surface area contributed by atoms with Crippen LogP contribution in [-0.4, -0.2) is 25.6 Å². The number of hydrogen-bond donors (Lipinski definition) is 2. The van der Waals surface area contributed by atoms with E-state index in [4.69, 9.17) is 28.3 Å². The van der Waals surface area contributed by atoms with Crippen LogP contribution in [0.5, 0.6) is 0 Å². The highest BCUT2D eigenvalue weighted by atomic mass is 35.5. The van der Waals surface area contributed by atoms with E-state index < -0.39 is 44.8 Å². The number of benzene rings is 1. The molecule has 0 bridgehead atoms. The Morgan fingerprint density at radius 1 is 1.43 bits per heavy atom. The Kier molecular flexibility index (Phi) is 3.71. The van der Waals surface area contributed by atoms with E-state index in [1.54, 1.807) is 0 Å². The summed E-state index contributed by atoms with van der Waals surface area (Å²) in [6, 6.07) is 1.10. The van der Waals surface area contributed by atoms with Gasteiger partial charge in [0.25, 0.3) is 0 Å². The van der Waals surface area contributed by atoms with Crippen LogP contribution >= 0.6 is 23.2 Å². The van der Waals surface area contributed by atoms with Crippen LogP contribution in [0.1, 0.15) is 0 Å². The fourth-order valence-electron chi connectivity index (χ4n) is 1.82. The van der Waals surface area contributed by atoms with Gasteiger partial charge in [0.1, 0.15) is 17.1 Å². The Morgan fingerprint density at radius 2 is 2.05 bits per heavy atom. The van der Waals surface area contributed by atoms with Crippen LogP contribution in [0.4, 0.5) is 5.69 Å². The van der Waals surface area contributed by atoms with E-state index in [1.165, 1.54) is 0 Å². The summed E-state index contributed by atoms with van der Waals surface area (Å²) < 4.78 is 0.469. The summed E-state index contributed by atoms with van der Waals surface area (Å²) in [5.41, 5.74) is -3.71. The number of carboxylic acids is 1. The van der Waals surface area contributed by atoms with Crippen molar-refractivity contribution in [3.8, 4) is 0 Å². The van der Waals surface area contributed by atoms with Crippen molar-refractivity contribution in [1.82, 2.24) is 9.55 Å². The third-order valence-electron chi connectivity index (χ3n) is 2.60. The van der Waals surface area contributed by atoms with E-state index >= 15 is 0 Å². The summed E-state index contributed by atoms with van der Waals surface area (Å²) in [4.78, 5) is 46.4. The highest BCUT2D eigenvalue weighted by Crippen LogP contribution is 2.37. The van der Waals surface area contributed by atoms with Crippen LogP contribution in [0.15, 0.2) is 15.7 Å². The van der Waals surface area contributed by atoms with E-state index in [-0.39, 0.29) is 10.5 Å². The highest BCUT2D eigenvalue weighted by molar-refractivity contribution is 6.44. The maximum absolute atomic E-state index is 11.7. The molecule has 2 N–H and O–H groups in total. The summed E-state index contributed by atoms with van der Waals surface area (Å²) in [6.07, 6.45) is 0. The molecule has 0 spiro atoms. The molecule has 9 nitrogen and oxygen atoms in total. The van der Waals surface area contributed by atoms with Gasteiger partial charge in [-0.1, -0.05) is 23.2 Å². The van der Waals surface area contributed by atoms with Crippen LogP contribution in [0.2, 0.25) is 10.0 Å². The Bertz CT molecular complexity index is 900. The molecule has 0 aliphatic carbocycles. The van der Waals surface area contributed by atoms with Gasteiger partial charge in [-0.05, 0) is 6.07 Å². The molecule has 0 amide bonds. The Labute approximate surface area is 124 Å². The molecule has 21 heavy (non-hydrogen) atoms. The van der Waals surface area contributed by atoms with Crippen molar-refractivity contribution in [2.24, 2.45) is 0 Å². The van der Waals surface area contributed by atoms with Gasteiger partial charge in [0.15, 0.2) is 0 Å². The predicted octanol–water partition coefficient (Wildman–Crippen LogP) is 0.989. The molecular formula is C10H5Cl2N3O6. The fraction of sp³-hybridized carbons (Fsp3) is 0.100. The van der Waals surface area contributed by atoms with Gasteiger partial charge in [0.2, 0.25) is 0 Å². The largest absolute Gasteiger partial charge is 0.480 e. The minimum atomic E-state index is -1.45. The lowest BCUT2D eigenvalue weighted by atomic mass is 10.2. The normalized spacial score (nSPS) is 10.8. The minimum Gasteiger partial charge on any atom is -0.480 e. The lowest BCUT2D eigenvalue weighted by molar-refractivity contribution is -0.383. The number of halogens is 2. The number of aromatic amines is 1. The molecule has 0 fully saturated rings. The molecule has 0 radical (unpaired) electrons. The Morgan fingerprint density at radius 3 is 2.57 bits per heavy atom. The summed E-state index contributed by atoms with van der Waals surface area (Å²) >= 11 is 11.5. The first-order valence-electron chi connectivity index (χ1n) is 5.25. The summed E-state index contributed by atoms with van der Waals surface area (Å²) in [6.45, 7) is -0.932. The third-order valence-corrected chi connectivity index (χ3v) is 3.38. The van der Waals surface area contributed by atoms with E-state index in [9.17, 15) is 24.5 Å². The van der Waals surface area contributed by atoms with Crippen LogP contribution < -0.4 is 11.1 Å². The number of nitro benzene ring substituents is 1. The highest BCUT2D eigenvalue weighted by Gasteiger charge is 2.26. The molecule has 0 aliphatic rings. The van der Waals surface area contributed by atoms with E-state index in [0.29, 0.717) is 4.57 Å². The molecule has 0 saturated heterocycles. The number of hydrogen-bond acceptors (Lipinski definition) is 5. The lowest BCUT2D eigenvalue weighted by Crippen LogP contribution is -2.38. The SMILES string of the molecule is O=C(O)Cn1c(=O)c(=O)[nH]c2cc(Cl)c(Cl)c([N+](=O)[O-])c21. The van der Waals surface area contributed by atoms with E-state index in [2.05, 4.69) is 4.98 Å². The molecule has 0 atom stereocenters. The molecule has 0 unspecified atom stereocenters. The van der Waals surface area contributed by atoms with Gasteiger partial charge in [0.05, 0.1) is 15.5 Å². The number of nitrogens with zero attached hydrogens (tertiary/aromatic N) is 2. The summed E-state index contributed by atoms with van der Waals surface area (Å²) in [5, 5.41) is 19.2. The zero-order valence-corrected chi connectivity index (χ0v) is 11.4. The number of aliphatic carboxylic acids is 1. The van der Waals surface area contributed by atoms with Crippen molar-refractivity contribution in [3.63, 3.8) is 0 Å². The summed E-state index contributed by atoms with van der Waals surface area (Å²) in [7, 11) is 0. The standard InChI is InChI=1S/C10H5Cl2N3O6/c11-3-1-4-7(8(6(3)12)15(20)21)14(2-5(16)17)10(19)9(18)13-4/h1H,2H2,(H,13,18)(H,16,17). The average molecular weight is 334 g/mol. The summed E-state index contributed by atoms with van der Waals surface area (Å²) in [5.74, 6) is -1.45. The van der Waals surface area contributed by atoms with Gasteiger partial charge in [-0.2, -0.15) is 0 Å². The Balaban J connectivity index is 3.12. The number of aromatic nitrogens is 2. The van der Waals surface area contributed by atoms with Crippen molar-refractivity contribution >= 4 is 45.9 Å². The van der Waals surface area contributed by atoms with Gasteiger partial charge in [-0.15, -0.1) is 0 Å². The maximum Gasteiger partial charge on any atom is 0.323 e. The van der Waals surface area contributed by atoms with Gasteiger partial charge >= 0.3 is 22.8 Å². The van der Waals surface area contributed by atoms with Crippen molar-refractivity contribution in [1.29, 1.82) is 0 Å². The number of H-pyrrole nitrogens is 1. The first kappa shape index (κ1) is 15.0. The zero-order chi connectivity index (χ0) is 15.9. The molecule has 1 aromatic carbocycles. The van der Waals surface area contributed by atoms with Crippen molar-refractivity contribution in [3.05, 3.63) is 46.9 Å². The monoisotopic (exact) mass is 333 g/mol. The number of nitro groups is 1. The number of carbonyl (C=O) groups is 1. The predicted molar refractivity (Wildman–Crippen MR) is 73.1 cm³/mol. The average Bonchev–Trinajstić information content (AvgIpc) is 2.36. The molecule has 1 heterocycles.